The molecule has 4 bridgehead atoms. The molecule has 0 spiro atoms. The molecule has 7 aliphatic rings. The van der Waals surface area contributed by atoms with Crippen molar-refractivity contribution in [3.63, 3.8) is 0 Å². The number of aliphatic hydroxyl groups is 2. The van der Waals surface area contributed by atoms with Gasteiger partial charge in [0, 0.05) is 30.2 Å². The van der Waals surface area contributed by atoms with E-state index >= 15 is 0 Å². The van der Waals surface area contributed by atoms with Crippen molar-refractivity contribution in [2.75, 3.05) is 0 Å². The lowest BCUT2D eigenvalue weighted by atomic mass is 9.50. The van der Waals surface area contributed by atoms with Gasteiger partial charge >= 0.3 is 0 Å². The zero-order valence-corrected chi connectivity index (χ0v) is 12.7. The number of fused-ring (bicyclic) bond motifs is 1. The minimum atomic E-state index is -1.17. The highest BCUT2D eigenvalue weighted by Gasteiger charge is 2.96. The third-order valence-corrected chi connectivity index (χ3v) is 8.70. The van der Waals surface area contributed by atoms with Crippen molar-refractivity contribution < 1.29 is 15.0 Å². The summed E-state index contributed by atoms with van der Waals surface area (Å²) in [5.74, 6) is 2.24. The fourth-order valence-corrected chi connectivity index (χ4v) is 8.58. The van der Waals surface area contributed by atoms with Gasteiger partial charge in [-0.05, 0) is 35.7 Å². The van der Waals surface area contributed by atoms with E-state index in [-0.39, 0.29) is 29.6 Å². The second-order valence-electron chi connectivity index (χ2n) is 8.81. The van der Waals surface area contributed by atoms with Crippen LogP contribution >= 0.6 is 0 Å². The third kappa shape index (κ3) is 0.869. The molecule has 7 fully saturated rings. The standard InChI is InChI=1S/C19H19NO3/c21-17-18(22)13-9-6-10-12-11(9)15(18)16(12)19(23,14(10)13)20(17)7-8-4-2-1-3-5-8/h1-5,9-16,22-23H,6-7H2. The fraction of sp³-hybridized carbons (Fsp3) is 0.632. The number of amides is 1. The Balaban J connectivity index is 1.42. The monoisotopic (exact) mass is 309 g/mol. The maximum Gasteiger partial charge on any atom is 0.257 e. The highest BCUT2D eigenvalue weighted by molar-refractivity contribution is 5.91. The van der Waals surface area contributed by atoms with Crippen LogP contribution in [0.4, 0.5) is 0 Å². The van der Waals surface area contributed by atoms with Crippen LogP contribution in [0.1, 0.15) is 12.0 Å². The number of benzene rings is 1. The lowest BCUT2D eigenvalue weighted by Crippen LogP contribution is -2.80. The maximum atomic E-state index is 13.2. The summed E-state index contributed by atoms with van der Waals surface area (Å²) < 4.78 is 0. The normalized spacial score (nSPS) is 61.8. The minimum Gasteiger partial charge on any atom is -0.379 e. The van der Waals surface area contributed by atoms with Gasteiger partial charge in [0.05, 0.1) is 0 Å². The number of rotatable bonds is 2. The van der Waals surface area contributed by atoms with Gasteiger partial charge in [0.2, 0.25) is 0 Å². The molecule has 5 saturated carbocycles. The topological polar surface area (TPSA) is 60.8 Å². The molecule has 5 aliphatic carbocycles. The van der Waals surface area contributed by atoms with Crippen molar-refractivity contribution in [3.8, 4) is 0 Å². The van der Waals surface area contributed by atoms with Crippen LogP contribution in [0, 0.1) is 47.3 Å². The van der Waals surface area contributed by atoms with Crippen LogP contribution in [0.2, 0.25) is 0 Å². The summed E-state index contributed by atoms with van der Waals surface area (Å²) in [4.78, 5) is 14.8. The zero-order valence-electron chi connectivity index (χ0n) is 12.7. The smallest absolute Gasteiger partial charge is 0.257 e. The van der Waals surface area contributed by atoms with Gasteiger partial charge < -0.3 is 15.1 Å². The molecule has 2 saturated heterocycles. The van der Waals surface area contributed by atoms with E-state index in [2.05, 4.69) is 0 Å². The van der Waals surface area contributed by atoms with E-state index < -0.39 is 11.3 Å². The molecule has 4 heteroatoms. The zero-order chi connectivity index (χ0) is 15.3. The summed E-state index contributed by atoms with van der Waals surface area (Å²) in [6, 6.07) is 9.86. The Labute approximate surface area is 134 Å². The molecule has 10 atom stereocenters. The van der Waals surface area contributed by atoms with Gasteiger partial charge in [-0.1, -0.05) is 30.3 Å². The fourth-order valence-electron chi connectivity index (χ4n) is 8.58. The second-order valence-corrected chi connectivity index (χ2v) is 8.81. The SMILES string of the molecule is O=C1N(Cc2ccccc2)C2(O)C3C4CC5C6C4C2C6C1(O)C53. The summed E-state index contributed by atoms with van der Waals surface area (Å²) in [6.45, 7) is 0.416. The number of hydrogen-bond acceptors (Lipinski definition) is 3. The van der Waals surface area contributed by atoms with E-state index in [1.165, 1.54) is 0 Å². The third-order valence-electron chi connectivity index (χ3n) is 8.70. The lowest BCUT2D eigenvalue weighted by Gasteiger charge is -2.65. The minimum absolute atomic E-state index is 0.0297. The molecule has 2 aliphatic heterocycles. The highest BCUT2D eigenvalue weighted by Crippen LogP contribution is 2.89. The van der Waals surface area contributed by atoms with Crippen LogP contribution in [-0.4, -0.2) is 32.3 Å². The van der Waals surface area contributed by atoms with E-state index in [0.29, 0.717) is 30.2 Å². The van der Waals surface area contributed by atoms with Crippen molar-refractivity contribution in [1.29, 1.82) is 0 Å². The highest BCUT2D eigenvalue weighted by atomic mass is 16.3. The molecule has 1 aromatic carbocycles. The van der Waals surface area contributed by atoms with Crippen LogP contribution in [0.5, 0.6) is 0 Å². The molecule has 1 amide bonds. The van der Waals surface area contributed by atoms with Crippen LogP contribution in [-0.2, 0) is 11.3 Å². The van der Waals surface area contributed by atoms with E-state index in [1.807, 2.05) is 30.3 Å². The van der Waals surface area contributed by atoms with E-state index in [9.17, 15) is 15.0 Å². The molecule has 2 N–H and O–H groups in total. The first-order valence-electron chi connectivity index (χ1n) is 8.90. The quantitative estimate of drug-likeness (QED) is 0.851. The number of carbonyl (C=O) groups excluding carboxylic acids is 1. The first-order valence-corrected chi connectivity index (χ1v) is 8.90. The number of hydrogen-bond donors (Lipinski definition) is 2. The van der Waals surface area contributed by atoms with Crippen molar-refractivity contribution in [2.45, 2.75) is 24.3 Å². The Morgan fingerprint density at radius 2 is 1.70 bits per heavy atom. The molecule has 0 aromatic heterocycles. The molecule has 10 unspecified atom stereocenters. The maximum absolute atomic E-state index is 13.2. The van der Waals surface area contributed by atoms with Crippen molar-refractivity contribution >= 4 is 5.91 Å². The summed E-state index contributed by atoms with van der Waals surface area (Å²) in [5.41, 5.74) is -1.15. The van der Waals surface area contributed by atoms with Crippen LogP contribution in [0.15, 0.2) is 30.3 Å². The van der Waals surface area contributed by atoms with Crippen LogP contribution in [0.3, 0.4) is 0 Å². The Bertz CT molecular complexity index is 780. The Hall–Kier alpha value is -1.39. The molecule has 1 aromatic rings. The predicted octanol–water partition coefficient (Wildman–Crippen LogP) is 0.836. The van der Waals surface area contributed by atoms with Gasteiger partial charge in [-0.3, -0.25) is 4.79 Å². The first-order chi connectivity index (χ1) is 11.1. The summed E-state index contributed by atoms with van der Waals surface area (Å²) in [6.07, 6.45) is 1.13. The van der Waals surface area contributed by atoms with Gasteiger partial charge in [-0.2, -0.15) is 0 Å². The first kappa shape index (κ1) is 12.0. The predicted molar refractivity (Wildman–Crippen MR) is 79.4 cm³/mol. The van der Waals surface area contributed by atoms with E-state index in [4.69, 9.17) is 0 Å². The van der Waals surface area contributed by atoms with Gasteiger partial charge in [0.1, 0.15) is 5.72 Å². The molecule has 118 valence electrons. The van der Waals surface area contributed by atoms with Gasteiger partial charge in [0.25, 0.3) is 5.91 Å². The lowest BCUT2D eigenvalue weighted by molar-refractivity contribution is -0.304. The van der Waals surface area contributed by atoms with Crippen molar-refractivity contribution in [2.24, 2.45) is 47.3 Å². The van der Waals surface area contributed by atoms with Gasteiger partial charge in [-0.15, -0.1) is 0 Å². The summed E-state index contributed by atoms with van der Waals surface area (Å²) in [5, 5.41) is 23.2. The molecular formula is C19H19NO3. The number of nitrogens with zero attached hydrogens (tertiary/aromatic N) is 1. The number of piperidine rings is 2. The Kier molecular flexibility index (Phi) is 1.62. The molecule has 23 heavy (non-hydrogen) atoms. The van der Waals surface area contributed by atoms with Crippen LogP contribution < -0.4 is 0 Å². The Morgan fingerprint density at radius 3 is 2.48 bits per heavy atom. The molecular weight excluding hydrogens is 290 g/mol. The summed E-state index contributed by atoms with van der Waals surface area (Å²) >= 11 is 0. The molecule has 8 rings (SSSR count). The van der Waals surface area contributed by atoms with Gasteiger partial charge in [0.15, 0.2) is 5.60 Å². The average molecular weight is 309 g/mol. The van der Waals surface area contributed by atoms with E-state index in [1.54, 1.807) is 4.90 Å². The second kappa shape index (κ2) is 3.09. The molecule has 0 radical (unpaired) electrons. The Morgan fingerprint density at radius 1 is 1.00 bits per heavy atom. The van der Waals surface area contributed by atoms with Gasteiger partial charge in [-0.25, -0.2) is 0 Å². The molecule has 4 nitrogen and oxygen atoms in total. The number of carbonyl (C=O) groups is 1. The van der Waals surface area contributed by atoms with Crippen LogP contribution in [0.25, 0.3) is 0 Å². The van der Waals surface area contributed by atoms with Crippen molar-refractivity contribution in [1.82, 2.24) is 4.90 Å². The van der Waals surface area contributed by atoms with E-state index in [0.717, 1.165) is 12.0 Å². The molecule has 2 heterocycles. The average Bonchev–Trinajstić information content (AvgIpc) is 3.05. The largest absolute Gasteiger partial charge is 0.379 e. The van der Waals surface area contributed by atoms with Crippen molar-refractivity contribution in [3.05, 3.63) is 35.9 Å². The summed E-state index contributed by atoms with van der Waals surface area (Å²) in [7, 11) is 0.